The minimum absolute atomic E-state index is 0.171. The Morgan fingerprint density at radius 1 is 0.714 bits per heavy atom. The maximum absolute atomic E-state index is 6.51. The van der Waals surface area contributed by atoms with Crippen LogP contribution in [0.1, 0.15) is 20.8 Å². The highest BCUT2D eigenvalue weighted by molar-refractivity contribution is 6.84. The van der Waals surface area contributed by atoms with E-state index in [4.69, 9.17) is 4.43 Å². The summed E-state index contributed by atoms with van der Waals surface area (Å²) in [5, 5.41) is 0. The summed E-state index contributed by atoms with van der Waals surface area (Å²) in [7, 11) is -4.41. The fourth-order valence-corrected chi connectivity index (χ4v) is 5.66. The van der Waals surface area contributed by atoms with Gasteiger partial charge in [-0.05, 0) is 18.1 Å². The molecule has 4 heteroatoms. The van der Waals surface area contributed by atoms with E-state index in [1.165, 1.54) is 0 Å². The molecule has 120 valence electrons. The fourth-order valence-electron chi connectivity index (χ4n) is 1.91. The zero-order valence-corrected chi connectivity index (χ0v) is 18.6. The van der Waals surface area contributed by atoms with Gasteiger partial charge in [0.1, 0.15) is 16.1 Å². The second-order valence-electron chi connectivity index (χ2n) is 7.78. The quantitative estimate of drug-likeness (QED) is 0.498. The summed E-state index contributed by atoms with van der Waals surface area (Å²) in [6, 6.07) is 3.46. The molecule has 0 amide bonds. The molecule has 0 rings (SSSR count). The molecule has 0 saturated heterocycles. The van der Waals surface area contributed by atoms with E-state index in [9.17, 15) is 0 Å². The van der Waals surface area contributed by atoms with E-state index in [0.29, 0.717) is 0 Å². The summed E-state index contributed by atoms with van der Waals surface area (Å²) >= 11 is 0. The lowest BCUT2D eigenvalue weighted by Crippen LogP contribution is -2.39. The van der Waals surface area contributed by atoms with E-state index >= 15 is 0 Å². The first kappa shape index (κ1) is 20.7. The van der Waals surface area contributed by atoms with Gasteiger partial charge < -0.3 is 4.43 Å². The Balaban J connectivity index is 5.39. The largest absolute Gasteiger partial charge is 0.394 e. The summed E-state index contributed by atoms with van der Waals surface area (Å²) < 4.78 is 6.51. The summed E-state index contributed by atoms with van der Waals surface area (Å²) in [6.07, 6.45) is -0.171. The first-order valence-corrected chi connectivity index (χ1v) is 17.7. The second kappa shape index (κ2) is 8.39. The first-order chi connectivity index (χ1) is 9.47. The zero-order valence-electron chi connectivity index (χ0n) is 15.6. The summed E-state index contributed by atoms with van der Waals surface area (Å²) in [5.74, 6) is 6.73. The fraction of sp³-hybridized carbons (Fsp3) is 0.765. The van der Waals surface area contributed by atoms with Crippen molar-refractivity contribution in [1.29, 1.82) is 0 Å². The predicted molar refractivity (Wildman–Crippen MR) is 104 cm³/mol. The molecule has 0 aromatic carbocycles. The third-order valence-electron chi connectivity index (χ3n) is 3.46. The number of rotatable bonds is 5. The van der Waals surface area contributed by atoms with Crippen LogP contribution in [0.3, 0.4) is 0 Å². The van der Waals surface area contributed by atoms with Gasteiger partial charge in [-0.25, -0.2) is 0 Å². The molecule has 0 aromatic rings. The van der Waals surface area contributed by atoms with Gasteiger partial charge in [0.25, 0.3) is 0 Å². The highest BCUT2D eigenvalue weighted by Crippen LogP contribution is 2.23. The van der Waals surface area contributed by atoms with Gasteiger partial charge in [0, 0.05) is 0 Å². The molecule has 0 aromatic heterocycles. The molecule has 0 aliphatic heterocycles. The van der Waals surface area contributed by atoms with E-state index in [1.807, 2.05) is 0 Å². The molecule has 0 heterocycles. The SMILES string of the molecule is CC[Si](CC)(CC)OC(C#C[Si](C)(C)C)C#C[Si](C)(C)C. The normalized spacial score (nSPS) is 12.5. The van der Waals surface area contributed by atoms with Crippen molar-refractivity contribution in [3.8, 4) is 22.9 Å². The molecule has 1 nitrogen and oxygen atoms in total. The molecule has 0 fully saturated rings. The maximum atomic E-state index is 6.51. The van der Waals surface area contributed by atoms with E-state index in [0.717, 1.165) is 18.1 Å². The molecule has 0 saturated carbocycles. The third kappa shape index (κ3) is 9.37. The van der Waals surface area contributed by atoms with E-state index in [2.05, 4.69) is 83.0 Å². The van der Waals surface area contributed by atoms with Crippen molar-refractivity contribution in [2.75, 3.05) is 0 Å². The van der Waals surface area contributed by atoms with Crippen LogP contribution in [0, 0.1) is 22.9 Å². The Bertz CT molecular complexity index is 391. The van der Waals surface area contributed by atoms with Crippen LogP contribution in [0.25, 0.3) is 0 Å². The Morgan fingerprint density at radius 3 is 1.29 bits per heavy atom. The summed E-state index contributed by atoms with van der Waals surface area (Å²) in [6.45, 7) is 20.4. The van der Waals surface area contributed by atoms with Crippen molar-refractivity contribution in [3.05, 3.63) is 0 Å². The first-order valence-electron chi connectivity index (χ1n) is 8.20. The van der Waals surface area contributed by atoms with Crippen LogP contribution in [0.15, 0.2) is 0 Å². The van der Waals surface area contributed by atoms with Gasteiger partial charge in [0.15, 0.2) is 14.4 Å². The van der Waals surface area contributed by atoms with Gasteiger partial charge in [-0.2, -0.15) is 0 Å². The van der Waals surface area contributed by atoms with Crippen LogP contribution in [0.2, 0.25) is 57.4 Å². The van der Waals surface area contributed by atoms with Gasteiger partial charge in [0.2, 0.25) is 0 Å². The Kier molecular flexibility index (Phi) is 8.28. The molecule has 0 unspecified atom stereocenters. The van der Waals surface area contributed by atoms with Crippen molar-refractivity contribution in [1.82, 2.24) is 0 Å². The van der Waals surface area contributed by atoms with Gasteiger partial charge in [-0.3, -0.25) is 0 Å². The average Bonchev–Trinajstić information content (AvgIpc) is 2.36. The molecule has 0 radical (unpaired) electrons. The monoisotopic (exact) mass is 338 g/mol. The highest BCUT2D eigenvalue weighted by Gasteiger charge is 2.31. The summed E-state index contributed by atoms with van der Waals surface area (Å²) in [5.41, 5.74) is 6.90. The molecular formula is C17H34OSi3. The van der Waals surface area contributed by atoms with Crippen LogP contribution in [-0.2, 0) is 4.43 Å². The maximum Gasteiger partial charge on any atom is 0.194 e. The van der Waals surface area contributed by atoms with Crippen molar-refractivity contribution in [3.63, 3.8) is 0 Å². The van der Waals surface area contributed by atoms with Crippen LogP contribution in [0.5, 0.6) is 0 Å². The molecule has 0 aliphatic carbocycles. The van der Waals surface area contributed by atoms with Crippen LogP contribution < -0.4 is 0 Å². The standard InChI is InChI=1S/C17H34OSi3/c1-10-21(11-2,12-3)18-17(13-15-19(4,5)6)14-16-20(7,8)9/h17H,10-12H2,1-9H3. The molecule has 0 atom stereocenters. The topological polar surface area (TPSA) is 9.23 Å². The lowest BCUT2D eigenvalue weighted by molar-refractivity contribution is 0.294. The highest BCUT2D eigenvalue weighted by atomic mass is 28.4. The molecule has 21 heavy (non-hydrogen) atoms. The van der Waals surface area contributed by atoms with E-state index in [-0.39, 0.29) is 6.10 Å². The average molecular weight is 339 g/mol. The minimum Gasteiger partial charge on any atom is -0.394 e. The molecular weight excluding hydrogens is 304 g/mol. The Morgan fingerprint density at radius 2 is 1.05 bits per heavy atom. The van der Waals surface area contributed by atoms with Crippen molar-refractivity contribution in [2.45, 2.75) is 84.3 Å². The van der Waals surface area contributed by atoms with Gasteiger partial charge in [-0.1, -0.05) is 71.9 Å². The van der Waals surface area contributed by atoms with Crippen LogP contribution >= 0.6 is 0 Å². The smallest absolute Gasteiger partial charge is 0.194 e. The van der Waals surface area contributed by atoms with Crippen LogP contribution in [0.4, 0.5) is 0 Å². The van der Waals surface area contributed by atoms with E-state index < -0.39 is 24.5 Å². The molecule has 0 aliphatic rings. The third-order valence-corrected chi connectivity index (χ3v) is 9.85. The lowest BCUT2D eigenvalue weighted by Gasteiger charge is -2.29. The van der Waals surface area contributed by atoms with Gasteiger partial charge >= 0.3 is 0 Å². The van der Waals surface area contributed by atoms with Crippen LogP contribution in [-0.4, -0.2) is 30.6 Å². The van der Waals surface area contributed by atoms with Gasteiger partial charge in [0.05, 0.1) is 0 Å². The van der Waals surface area contributed by atoms with Crippen molar-refractivity contribution >= 4 is 24.5 Å². The molecule has 0 spiro atoms. The summed E-state index contributed by atoms with van der Waals surface area (Å²) in [4.78, 5) is 0. The number of hydrogen-bond acceptors (Lipinski definition) is 1. The zero-order chi connectivity index (χ0) is 16.7. The van der Waals surface area contributed by atoms with E-state index in [1.54, 1.807) is 0 Å². The Labute approximate surface area is 136 Å². The lowest BCUT2D eigenvalue weighted by atomic mass is 10.4. The molecule has 0 bridgehead atoms. The van der Waals surface area contributed by atoms with Gasteiger partial charge in [-0.15, -0.1) is 11.1 Å². The Hall–Kier alpha value is -0.269. The predicted octanol–water partition coefficient (Wildman–Crippen LogP) is 5.14. The second-order valence-corrected chi connectivity index (χ2v) is 22.0. The van der Waals surface area contributed by atoms with Crippen molar-refractivity contribution < 1.29 is 4.43 Å². The molecule has 0 N–H and O–H groups in total. The minimum atomic E-state index is -1.65. The van der Waals surface area contributed by atoms with Crippen molar-refractivity contribution in [2.24, 2.45) is 0 Å². The number of hydrogen-bond donors (Lipinski definition) is 0.